The molecule has 4 rings (SSSR count). The van der Waals surface area contributed by atoms with Gasteiger partial charge in [0.05, 0.1) is 0 Å². The lowest BCUT2D eigenvalue weighted by Crippen LogP contribution is -2.49. The van der Waals surface area contributed by atoms with Crippen LogP contribution in [0.25, 0.3) is 0 Å². The van der Waals surface area contributed by atoms with Gasteiger partial charge in [0.1, 0.15) is 12.6 Å². The average molecular weight is 480 g/mol. The van der Waals surface area contributed by atoms with Crippen LogP contribution in [0.5, 0.6) is 0 Å². The summed E-state index contributed by atoms with van der Waals surface area (Å²) in [5.74, 6) is -0.0322. The van der Waals surface area contributed by atoms with Crippen LogP contribution < -0.4 is 11.1 Å². The van der Waals surface area contributed by atoms with E-state index in [4.69, 9.17) is 16.2 Å². The van der Waals surface area contributed by atoms with Crippen LogP contribution in [0.4, 0.5) is 0 Å². The average Bonchev–Trinajstić information content (AvgIpc) is 3.39. The molecule has 0 aromatic heterocycles. The van der Waals surface area contributed by atoms with Gasteiger partial charge >= 0.3 is 0 Å². The second-order valence-corrected chi connectivity index (χ2v) is 9.11. The van der Waals surface area contributed by atoms with Crippen LogP contribution in [-0.4, -0.2) is 71.5 Å². The normalized spacial score (nSPS) is 17.9. The standard InChI is InChI=1S/C14H25N5O3.C13H12/c15-14(16)18-6-3-10(4-7-18)8-17-13(22)11-2-1-5-19(11)12(21)9-20;1-3-7-12(8-4-1)11-13-9-5-2-6-10-13/h10-11,20H,1-9H2,(H3,15,16)(H,17,22);1-10H,11H2/t11-;/m0./s1. The van der Waals surface area contributed by atoms with E-state index in [1.54, 1.807) is 0 Å². The minimum Gasteiger partial charge on any atom is -0.387 e. The number of piperidine rings is 1. The number of likely N-dealkylation sites (tertiary alicyclic amines) is 2. The fourth-order valence-corrected chi connectivity index (χ4v) is 4.60. The van der Waals surface area contributed by atoms with Crippen molar-refractivity contribution in [3.63, 3.8) is 0 Å². The molecule has 2 amide bonds. The topological polar surface area (TPSA) is 123 Å². The van der Waals surface area contributed by atoms with E-state index in [0.717, 1.165) is 38.8 Å². The summed E-state index contributed by atoms with van der Waals surface area (Å²) in [5, 5.41) is 19.3. The maximum Gasteiger partial charge on any atom is 0.248 e. The number of carbonyl (C=O) groups is 2. The Hall–Kier alpha value is -3.39. The number of hydrogen-bond acceptors (Lipinski definition) is 4. The van der Waals surface area contributed by atoms with Crippen molar-refractivity contribution in [2.75, 3.05) is 32.8 Å². The van der Waals surface area contributed by atoms with Gasteiger partial charge in [-0.1, -0.05) is 60.7 Å². The van der Waals surface area contributed by atoms with Gasteiger partial charge in [-0.25, -0.2) is 0 Å². The minimum absolute atomic E-state index is 0.103. The van der Waals surface area contributed by atoms with Gasteiger partial charge in [-0.15, -0.1) is 0 Å². The molecule has 2 aliphatic heterocycles. The first-order valence-corrected chi connectivity index (χ1v) is 12.3. The molecule has 0 spiro atoms. The van der Waals surface area contributed by atoms with Crippen molar-refractivity contribution in [3.05, 3.63) is 71.8 Å². The maximum atomic E-state index is 12.2. The third-order valence-corrected chi connectivity index (χ3v) is 6.63. The van der Waals surface area contributed by atoms with Gasteiger partial charge in [-0.3, -0.25) is 15.0 Å². The molecular weight excluding hydrogens is 442 g/mol. The van der Waals surface area contributed by atoms with Crippen molar-refractivity contribution >= 4 is 17.8 Å². The van der Waals surface area contributed by atoms with Crippen molar-refractivity contribution < 1.29 is 14.7 Å². The lowest BCUT2D eigenvalue weighted by molar-refractivity contribution is -0.140. The van der Waals surface area contributed by atoms with Gasteiger partial charge < -0.3 is 26.0 Å². The zero-order valence-corrected chi connectivity index (χ0v) is 20.2. The molecule has 2 saturated heterocycles. The monoisotopic (exact) mass is 479 g/mol. The number of amides is 2. The highest BCUT2D eigenvalue weighted by molar-refractivity contribution is 5.88. The van der Waals surface area contributed by atoms with Gasteiger partial charge in [0.25, 0.3) is 0 Å². The molecule has 8 nitrogen and oxygen atoms in total. The Morgan fingerprint density at radius 1 is 0.943 bits per heavy atom. The molecule has 2 heterocycles. The molecule has 8 heteroatoms. The number of benzene rings is 2. The number of guanidine groups is 1. The molecule has 35 heavy (non-hydrogen) atoms. The molecule has 1 atom stereocenters. The summed E-state index contributed by atoms with van der Waals surface area (Å²) in [5.41, 5.74) is 8.19. The molecule has 188 valence electrons. The molecule has 0 saturated carbocycles. The van der Waals surface area contributed by atoms with Gasteiger partial charge in [0.15, 0.2) is 5.96 Å². The molecule has 2 aromatic rings. The van der Waals surface area contributed by atoms with Crippen LogP contribution in [0.1, 0.15) is 36.8 Å². The van der Waals surface area contributed by atoms with E-state index >= 15 is 0 Å². The summed E-state index contributed by atoms with van der Waals surface area (Å²) >= 11 is 0. The number of rotatable bonds is 6. The van der Waals surface area contributed by atoms with Crippen molar-refractivity contribution in [3.8, 4) is 0 Å². The third kappa shape index (κ3) is 8.10. The highest BCUT2D eigenvalue weighted by atomic mass is 16.3. The number of hydrogen-bond donors (Lipinski definition) is 4. The number of nitrogens with zero attached hydrogens (tertiary/aromatic N) is 2. The van der Waals surface area contributed by atoms with Gasteiger partial charge in [0, 0.05) is 26.2 Å². The van der Waals surface area contributed by atoms with Crippen LogP contribution in [0, 0.1) is 11.3 Å². The predicted octanol–water partition coefficient (Wildman–Crippen LogP) is 1.97. The summed E-state index contributed by atoms with van der Waals surface area (Å²) < 4.78 is 0. The summed E-state index contributed by atoms with van der Waals surface area (Å²) in [7, 11) is 0. The second-order valence-electron chi connectivity index (χ2n) is 9.11. The molecule has 0 bridgehead atoms. The zero-order chi connectivity index (χ0) is 25.0. The third-order valence-electron chi connectivity index (χ3n) is 6.63. The lowest BCUT2D eigenvalue weighted by Gasteiger charge is -2.32. The Labute approximate surface area is 207 Å². The fraction of sp³-hybridized carbons (Fsp3) is 0.444. The lowest BCUT2D eigenvalue weighted by atomic mass is 9.97. The summed E-state index contributed by atoms with van der Waals surface area (Å²) in [6, 6.07) is 20.6. The quantitative estimate of drug-likeness (QED) is 0.373. The number of nitrogens with two attached hydrogens (primary N) is 1. The maximum absolute atomic E-state index is 12.2. The summed E-state index contributed by atoms with van der Waals surface area (Å²) in [6.45, 7) is 2.06. The SMILES string of the molecule is N=C(N)N1CCC(CNC(=O)[C@@H]2CCCN2C(=O)CO)CC1.c1ccc(Cc2ccccc2)cc1. The predicted molar refractivity (Wildman–Crippen MR) is 137 cm³/mol. The van der Waals surface area contributed by atoms with E-state index in [1.807, 2.05) is 4.90 Å². The van der Waals surface area contributed by atoms with Crippen LogP contribution in [-0.2, 0) is 16.0 Å². The Balaban J connectivity index is 0.000000223. The molecule has 0 aliphatic carbocycles. The first-order chi connectivity index (χ1) is 17.0. The molecule has 0 radical (unpaired) electrons. The second kappa shape index (κ2) is 13.5. The van der Waals surface area contributed by atoms with Crippen molar-refractivity contribution in [2.24, 2.45) is 11.7 Å². The largest absolute Gasteiger partial charge is 0.387 e. The minimum atomic E-state index is -0.548. The molecule has 0 unspecified atom stereocenters. The van der Waals surface area contributed by atoms with Crippen molar-refractivity contribution in [1.29, 1.82) is 5.41 Å². The number of aliphatic hydroxyl groups is 1. The number of aliphatic hydroxyl groups excluding tert-OH is 1. The first kappa shape index (κ1) is 26.2. The van der Waals surface area contributed by atoms with Gasteiger partial charge in [-0.2, -0.15) is 0 Å². The Bertz CT molecular complexity index is 908. The van der Waals surface area contributed by atoms with E-state index in [2.05, 4.69) is 66.0 Å². The Morgan fingerprint density at radius 2 is 1.51 bits per heavy atom. The van der Waals surface area contributed by atoms with E-state index in [0.29, 0.717) is 25.4 Å². The van der Waals surface area contributed by atoms with Crippen molar-refractivity contribution in [1.82, 2.24) is 15.1 Å². The highest BCUT2D eigenvalue weighted by Gasteiger charge is 2.33. The summed E-state index contributed by atoms with van der Waals surface area (Å²) in [6.07, 6.45) is 4.26. The number of carbonyl (C=O) groups excluding carboxylic acids is 2. The van der Waals surface area contributed by atoms with Gasteiger partial charge in [0.2, 0.25) is 11.8 Å². The van der Waals surface area contributed by atoms with E-state index in [9.17, 15) is 9.59 Å². The molecule has 2 aliphatic rings. The Morgan fingerprint density at radius 3 is 2.03 bits per heavy atom. The molecule has 2 aromatic carbocycles. The van der Waals surface area contributed by atoms with Crippen LogP contribution in [0.15, 0.2) is 60.7 Å². The molecule has 5 N–H and O–H groups in total. The van der Waals surface area contributed by atoms with Crippen LogP contribution in [0.3, 0.4) is 0 Å². The summed E-state index contributed by atoms with van der Waals surface area (Å²) in [4.78, 5) is 27.1. The molecule has 2 fully saturated rings. The van der Waals surface area contributed by atoms with E-state index in [1.165, 1.54) is 16.0 Å². The molecular formula is C27H37N5O3. The van der Waals surface area contributed by atoms with Crippen molar-refractivity contribution in [2.45, 2.75) is 38.1 Å². The number of nitrogens with one attached hydrogen (secondary N) is 2. The van der Waals surface area contributed by atoms with Crippen LogP contribution >= 0.6 is 0 Å². The highest BCUT2D eigenvalue weighted by Crippen LogP contribution is 2.19. The fourth-order valence-electron chi connectivity index (χ4n) is 4.60. The Kier molecular flexibility index (Phi) is 10.1. The zero-order valence-electron chi connectivity index (χ0n) is 20.2. The smallest absolute Gasteiger partial charge is 0.248 e. The van der Waals surface area contributed by atoms with E-state index < -0.39 is 12.6 Å². The van der Waals surface area contributed by atoms with Crippen LogP contribution in [0.2, 0.25) is 0 Å². The first-order valence-electron chi connectivity index (χ1n) is 12.3. The van der Waals surface area contributed by atoms with Gasteiger partial charge in [-0.05, 0) is 49.1 Å². The van der Waals surface area contributed by atoms with E-state index in [-0.39, 0.29) is 17.8 Å².